The number of benzene rings is 1. The van der Waals surface area contributed by atoms with Crippen LogP contribution in [-0.4, -0.2) is 36.0 Å². The molecular weight excluding hydrogens is 318 g/mol. The molecule has 1 aromatic carbocycles. The summed E-state index contributed by atoms with van der Waals surface area (Å²) < 4.78 is 58.7. The highest BCUT2D eigenvalue weighted by Gasteiger charge is 2.36. The lowest BCUT2D eigenvalue weighted by Gasteiger charge is -2.40. The van der Waals surface area contributed by atoms with Gasteiger partial charge in [0.2, 0.25) is 0 Å². The van der Waals surface area contributed by atoms with Crippen molar-refractivity contribution in [2.75, 3.05) is 13.1 Å². The monoisotopic (exact) mass is 335 g/mol. The SMILES string of the molecule is CC(C)(C)OC(=O)N1CC(c2ccc(OC(F)(F)F)c(F)c2)C1. The molecule has 0 saturated carbocycles. The number of nitrogens with zero attached hydrogens (tertiary/aromatic N) is 1. The Morgan fingerprint density at radius 1 is 1.22 bits per heavy atom. The molecular formula is C15H17F4NO3. The van der Waals surface area contributed by atoms with Crippen molar-refractivity contribution in [3.63, 3.8) is 0 Å². The van der Waals surface area contributed by atoms with Gasteiger partial charge in [-0.25, -0.2) is 9.18 Å². The normalized spacial score (nSPS) is 16.0. The number of alkyl halides is 3. The largest absolute Gasteiger partial charge is 0.573 e. The number of ether oxygens (including phenoxy) is 2. The molecule has 0 atom stereocenters. The van der Waals surface area contributed by atoms with Crippen molar-refractivity contribution < 1.29 is 31.8 Å². The van der Waals surface area contributed by atoms with Gasteiger partial charge in [0.15, 0.2) is 11.6 Å². The van der Waals surface area contributed by atoms with Gasteiger partial charge in [-0.05, 0) is 38.5 Å². The Kier molecular flexibility index (Phi) is 4.45. The van der Waals surface area contributed by atoms with E-state index in [1.54, 1.807) is 20.8 Å². The third-order valence-electron chi connectivity index (χ3n) is 3.19. The van der Waals surface area contributed by atoms with Crippen LogP contribution in [0.5, 0.6) is 5.75 Å². The second-order valence-corrected chi connectivity index (χ2v) is 6.32. The summed E-state index contributed by atoms with van der Waals surface area (Å²) in [6.45, 7) is 5.90. The van der Waals surface area contributed by atoms with E-state index in [1.165, 1.54) is 11.0 Å². The molecule has 1 heterocycles. The number of carbonyl (C=O) groups is 1. The minimum atomic E-state index is -4.94. The second kappa shape index (κ2) is 5.90. The fraction of sp³-hybridized carbons (Fsp3) is 0.533. The molecule has 8 heteroatoms. The Balaban J connectivity index is 1.95. The lowest BCUT2D eigenvalue weighted by Crippen LogP contribution is -2.50. The Morgan fingerprint density at radius 2 is 1.83 bits per heavy atom. The zero-order chi connectivity index (χ0) is 17.4. The number of rotatable bonds is 2. The van der Waals surface area contributed by atoms with Gasteiger partial charge in [0.1, 0.15) is 5.60 Å². The second-order valence-electron chi connectivity index (χ2n) is 6.32. The zero-order valence-electron chi connectivity index (χ0n) is 12.9. The van der Waals surface area contributed by atoms with Crippen molar-refractivity contribution in [2.45, 2.75) is 38.7 Å². The Bertz CT molecular complexity index is 589. The van der Waals surface area contributed by atoms with Crippen molar-refractivity contribution >= 4 is 6.09 Å². The molecule has 128 valence electrons. The quantitative estimate of drug-likeness (QED) is 0.765. The fourth-order valence-electron chi connectivity index (χ4n) is 2.14. The number of hydrogen-bond donors (Lipinski definition) is 0. The third kappa shape index (κ3) is 4.74. The lowest BCUT2D eigenvalue weighted by atomic mass is 9.92. The van der Waals surface area contributed by atoms with Crippen LogP contribution in [0.2, 0.25) is 0 Å². The number of carbonyl (C=O) groups excluding carboxylic acids is 1. The first kappa shape index (κ1) is 17.4. The van der Waals surface area contributed by atoms with Crippen LogP contribution in [0.4, 0.5) is 22.4 Å². The fourth-order valence-corrected chi connectivity index (χ4v) is 2.14. The molecule has 1 aliphatic heterocycles. The number of halogens is 4. The molecule has 0 unspecified atom stereocenters. The summed E-state index contributed by atoms with van der Waals surface area (Å²) in [5.41, 5.74) is -0.0953. The van der Waals surface area contributed by atoms with Crippen molar-refractivity contribution in [2.24, 2.45) is 0 Å². The van der Waals surface area contributed by atoms with Crippen molar-refractivity contribution in [3.05, 3.63) is 29.6 Å². The average Bonchev–Trinajstić information content (AvgIpc) is 2.26. The molecule has 1 aliphatic rings. The molecule has 23 heavy (non-hydrogen) atoms. The molecule has 0 bridgehead atoms. The van der Waals surface area contributed by atoms with Crippen LogP contribution in [0.25, 0.3) is 0 Å². The summed E-state index contributed by atoms with van der Waals surface area (Å²) in [7, 11) is 0. The van der Waals surface area contributed by atoms with Gasteiger partial charge in [-0.15, -0.1) is 13.2 Å². The maximum absolute atomic E-state index is 13.6. The Labute approximate surface area is 131 Å². The van der Waals surface area contributed by atoms with Crippen LogP contribution in [0.15, 0.2) is 18.2 Å². The summed E-state index contributed by atoms with van der Waals surface area (Å²) in [5.74, 6) is -2.10. The molecule has 0 spiro atoms. The van der Waals surface area contributed by atoms with Gasteiger partial charge in [0.25, 0.3) is 0 Å². The van der Waals surface area contributed by atoms with E-state index in [0.717, 1.165) is 12.1 Å². The molecule has 4 nitrogen and oxygen atoms in total. The highest BCUT2D eigenvalue weighted by molar-refractivity contribution is 5.69. The molecule has 0 radical (unpaired) electrons. The van der Waals surface area contributed by atoms with E-state index in [4.69, 9.17) is 4.74 Å². The molecule has 2 rings (SSSR count). The van der Waals surface area contributed by atoms with E-state index >= 15 is 0 Å². The molecule has 1 saturated heterocycles. The maximum atomic E-state index is 13.6. The van der Waals surface area contributed by atoms with Crippen LogP contribution in [-0.2, 0) is 4.74 Å². The number of likely N-dealkylation sites (tertiary alicyclic amines) is 1. The van der Waals surface area contributed by atoms with Gasteiger partial charge >= 0.3 is 12.5 Å². The van der Waals surface area contributed by atoms with E-state index < -0.39 is 29.6 Å². The van der Waals surface area contributed by atoms with E-state index in [2.05, 4.69) is 4.74 Å². The summed E-state index contributed by atoms with van der Waals surface area (Å²) in [4.78, 5) is 13.2. The van der Waals surface area contributed by atoms with E-state index in [-0.39, 0.29) is 5.92 Å². The zero-order valence-corrected chi connectivity index (χ0v) is 12.9. The lowest BCUT2D eigenvalue weighted by molar-refractivity contribution is -0.275. The first-order valence-electron chi connectivity index (χ1n) is 6.98. The van der Waals surface area contributed by atoms with Crippen molar-refractivity contribution in [1.82, 2.24) is 4.90 Å². The van der Waals surface area contributed by atoms with Gasteiger partial charge in [-0.1, -0.05) is 6.07 Å². The minimum absolute atomic E-state index is 0.142. The summed E-state index contributed by atoms with van der Waals surface area (Å²) >= 11 is 0. The van der Waals surface area contributed by atoms with Gasteiger partial charge in [0, 0.05) is 19.0 Å². The highest BCUT2D eigenvalue weighted by atomic mass is 19.4. The molecule has 0 N–H and O–H groups in total. The smallest absolute Gasteiger partial charge is 0.444 e. The van der Waals surface area contributed by atoms with E-state index in [1.807, 2.05) is 0 Å². The van der Waals surface area contributed by atoms with Gasteiger partial charge < -0.3 is 14.4 Å². The predicted octanol–water partition coefficient (Wildman–Crippen LogP) is 4.06. The minimum Gasteiger partial charge on any atom is -0.444 e. The van der Waals surface area contributed by atoms with Crippen LogP contribution >= 0.6 is 0 Å². The Morgan fingerprint density at radius 3 is 2.30 bits per heavy atom. The highest BCUT2D eigenvalue weighted by Crippen LogP contribution is 2.32. The van der Waals surface area contributed by atoms with Crippen LogP contribution in [0.3, 0.4) is 0 Å². The molecule has 1 aromatic rings. The summed E-state index contributed by atoms with van der Waals surface area (Å²) in [6.07, 6.45) is -5.40. The predicted molar refractivity (Wildman–Crippen MR) is 73.6 cm³/mol. The van der Waals surface area contributed by atoms with Gasteiger partial charge in [-0.2, -0.15) is 0 Å². The van der Waals surface area contributed by atoms with Crippen molar-refractivity contribution in [3.8, 4) is 5.75 Å². The van der Waals surface area contributed by atoms with Gasteiger partial charge in [0.05, 0.1) is 0 Å². The van der Waals surface area contributed by atoms with Gasteiger partial charge in [-0.3, -0.25) is 0 Å². The number of hydrogen-bond acceptors (Lipinski definition) is 3. The molecule has 0 aromatic heterocycles. The first-order chi connectivity index (χ1) is 10.4. The first-order valence-corrected chi connectivity index (χ1v) is 6.98. The molecule has 1 amide bonds. The topological polar surface area (TPSA) is 38.8 Å². The van der Waals surface area contributed by atoms with Crippen LogP contribution in [0.1, 0.15) is 32.3 Å². The van der Waals surface area contributed by atoms with Crippen LogP contribution < -0.4 is 4.74 Å². The maximum Gasteiger partial charge on any atom is 0.573 e. The summed E-state index contributed by atoms with van der Waals surface area (Å²) in [5, 5.41) is 0. The molecule has 0 aliphatic carbocycles. The Hall–Kier alpha value is -1.99. The van der Waals surface area contributed by atoms with E-state index in [9.17, 15) is 22.4 Å². The standard InChI is InChI=1S/C15H17F4NO3/c1-14(2,3)23-13(21)20-7-10(8-20)9-4-5-12(11(16)6-9)22-15(17,18)19/h4-6,10H,7-8H2,1-3H3. The number of amides is 1. The van der Waals surface area contributed by atoms with Crippen LogP contribution in [0, 0.1) is 5.82 Å². The average molecular weight is 335 g/mol. The summed E-state index contributed by atoms with van der Waals surface area (Å²) in [6, 6.07) is 3.30. The van der Waals surface area contributed by atoms with E-state index in [0.29, 0.717) is 18.7 Å². The van der Waals surface area contributed by atoms with Crippen molar-refractivity contribution in [1.29, 1.82) is 0 Å². The third-order valence-corrected chi connectivity index (χ3v) is 3.19. The molecule has 1 fully saturated rings.